The van der Waals surface area contributed by atoms with Crippen molar-refractivity contribution in [3.8, 4) is 0 Å². The largest absolute Gasteiger partial charge is 0.342 e. The minimum Gasteiger partial charge on any atom is -0.342 e. The van der Waals surface area contributed by atoms with Crippen molar-refractivity contribution in [2.45, 2.75) is 19.4 Å². The van der Waals surface area contributed by atoms with Gasteiger partial charge in [0.1, 0.15) is 5.84 Å². The number of amidine groups is 1. The van der Waals surface area contributed by atoms with Gasteiger partial charge in [0.05, 0.1) is 6.04 Å². The van der Waals surface area contributed by atoms with Crippen LogP contribution >= 0.6 is 0 Å². The minimum absolute atomic E-state index is 0.0763. The van der Waals surface area contributed by atoms with E-state index in [-0.39, 0.29) is 6.04 Å². The first kappa shape index (κ1) is 14.9. The van der Waals surface area contributed by atoms with E-state index in [1.54, 1.807) is 0 Å². The summed E-state index contributed by atoms with van der Waals surface area (Å²) < 4.78 is 0. The maximum Gasteiger partial charge on any atom is 0.120 e. The number of anilines is 1. The fraction of sp³-hybridized carbons (Fsp3) is 0.190. The molecule has 0 amide bonds. The Balaban J connectivity index is 1.67. The fourth-order valence-electron chi connectivity index (χ4n) is 3.48. The van der Waals surface area contributed by atoms with E-state index in [4.69, 9.17) is 5.41 Å². The summed E-state index contributed by atoms with van der Waals surface area (Å²) in [4.78, 5) is 0. The highest BCUT2D eigenvalue weighted by Crippen LogP contribution is 2.28. The van der Waals surface area contributed by atoms with E-state index < -0.39 is 0 Å². The molecular formula is C21H21N3. The van der Waals surface area contributed by atoms with Crippen molar-refractivity contribution >= 4 is 22.3 Å². The first-order chi connectivity index (χ1) is 11.7. The number of fused-ring (bicyclic) bond motifs is 2. The number of hydrogen-bond acceptors (Lipinski definition) is 2. The molecule has 3 nitrogen and oxygen atoms in total. The van der Waals surface area contributed by atoms with Crippen LogP contribution < -0.4 is 10.6 Å². The molecule has 0 saturated heterocycles. The highest BCUT2D eigenvalue weighted by molar-refractivity contribution is 6.05. The summed E-state index contributed by atoms with van der Waals surface area (Å²) >= 11 is 0. The van der Waals surface area contributed by atoms with E-state index in [0.29, 0.717) is 5.84 Å². The first-order valence-electron chi connectivity index (χ1n) is 8.38. The van der Waals surface area contributed by atoms with Crippen LogP contribution in [0.2, 0.25) is 0 Å². The highest BCUT2D eigenvalue weighted by atomic mass is 15.0. The summed E-state index contributed by atoms with van der Waals surface area (Å²) in [7, 11) is 0. The molecule has 0 aromatic heterocycles. The summed E-state index contributed by atoms with van der Waals surface area (Å²) in [6.45, 7) is 3.01. The van der Waals surface area contributed by atoms with E-state index in [0.717, 1.165) is 24.0 Å². The summed E-state index contributed by atoms with van der Waals surface area (Å²) in [5, 5.41) is 17.8. The second-order valence-corrected chi connectivity index (χ2v) is 6.40. The second kappa shape index (κ2) is 6.10. The smallest absolute Gasteiger partial charge is 0.120 e. The van der Waals surface area contributed by atoms with Crippen LogP contribution in [0, 0.1) is 12.3 Å². The van der Waals surface area contributed by atoms with Gasteiger partial charge in [0.25, 0.3) is 0 Å². The maximum absolute atomic E-state index is 8.62. The quantitative estimate of drug-likeness (QED) is 0.484. The van der Waals surface area contributed by atoms with Crippen LogP contribution in [0.25, 0.3) is 10.8 Å². The number of benzene rings is 3. The summed E-state index contributed by atoms with van der Waals surface area (Å²) in [5.41, 5.74) is 4.79. The maximum atomic E-state index is 8.62. The average Bonchev–Trinajstić information content (AvgIpc) is 2.61. The zero-order valence-corrected chi connectivity index (χ0v) is 13.8. The molecule has 1 atom stereocenters. The number of hydrogen-bond donors (Lipinski definition) is 3. The Kier molecular flexibility index (Phi) is 3.79. The molecule has 3 heteroatoms. The number of rotatable bonds is 2. The fourth-order valence-corrected chi connectivity index (χ4v) is 3.48. The van der Waals surface area contributed by atoms with Gasteiger partial charge in [-0.25, -0.2) is 0 Å². The molecular weight excluding hydrogens is 294 g/mol. The summed E-state index contributed by atoms with van der Waals surface area (Å²) in [6, 6.07) is 20.9. The van der Waals surface area contributed by atoms with Gasteiger partial charge < -0.3 is 10.6 Å². The minimum atomic E-state index is -0.0763. The lowest BCUT2D eigenvalue weighted by molar-refractivity contribution is 0.600. The average molecular weight is 315 g/mol. The molecule has 0 aliphatic carbocycles. The first-order valence-corrected chi connectivity index (χ1v) is 8.38. The SMILES string of the molecule is Cc1ccc2c(c1)C(C(=N)Nc1cccc3ccccc13)NCC2. The highest BCUT2D eigenvalue weighted by Gasteiger charge is 2.23. The molecule has 24 heavy (non-hydrogen) atoms. The molecule has 0 spiro atoms. The van der Waals surface area contributed by atoms with Crippen LogP contribution in [0.1, 0.15) is 22.7 Å². The Bertz CT molecular complexity index is 909. The van der Waals surface area contributed by atoms with Gasteiger partial charge in [0.15, 0.2) is 0 Å². The molecule has 0 bridgehead atoms. The molecule has 1 aliphatic heterocycles. The molecule has 3 N–H and O–H groups in total. The Hall–Kier alpha value is -2.65. The second-order valence-electron chi connectivity index (χ2n) is 6.40. The monoisotopic (exact) mass is 315 g/mol. The van der Waals surface area contributed by atoms with Crippen molar-refractivity contribution < 1.29 is 0 Å². The van der Waals surface area contributed by atoms with Crippen molar-refractivity contribution in [2.24, 2.45) is 0 Å². The molecule has 1 unspecified atom stereocenters. The summed E-state index contributed by atoms with van der Waals surface area (Å²) in [6.07, 6.45) is 1.02. The molecule has 1 aliphatic rings. The van der Waals surface area contributed by atoms with Crippen molar-refractivity contribution in [3.05, 3.63) is 77.4 Å². The van der Waals surface area contributed by atoms with Gasteiger partial charge in [-0.1, -0.05) is 60.2 Å². The predicted octanol–water partition coefficient (Wildman–Crippen LogP) is 4.42. The number of nitrogens with one attached hydrogen (secondary N) is 3. The predicted molar refractivity (Wildman–Crippen MR) is 101 cm³/mol. The van der Waals surface area contributed by atoms with E-state index in [2.05, 4.69) is 54.0 Å². The third kappa shape index (κ3) is 2.68. The van der Waals surface area contributed by atoms with Gasteiger partial charge in [-0.2, -0.15) is 0 Å². The Morgan fingerprint density at radius 2 is 1.92 bits per heavy atom. The molecule has 120 valence electrons. The Labute approximate surface area is 142 Å². The number of aryl methyl sites for hydroxylation is 1. The summed E-state index contributed by atoms with van der Waals surface area (Å²) in [5.74, 6) is 0.498. The van der Waals surface area contributed by atoms with Crippen LogP contribution in [0.5, 0.6) is 0 Å². The molecule has 0 radical (unpaired) electrons. The van der Waals surface area contributed by atoms with Gasteiger partial charge in [-0.3, -0.25) is 5.41 Å². The van der Waals surface area contributed by atoms with E-state index in [1.807, 2.05) is 24.3 Å². The van der Waals surface area contributed by atoms with Crippen LogP contribution in [0.15, 0.2) is 60.7 Å². The Morgan fingerprint density at radius 3 is 2.83 bits per heavy atom. The molecule has 3 aromatic rings. The molecule has 1 heterocycles. The van der Waals surface area contributed by atoms with Crippen molar-refractivity contribution in [1.82, 2.24) is 5.32 Å². The van der Waals surface area contributed by atoms with Gasteiger partial charge in [-0.05, 0) is 35.9 Å². The lowest BCUT2D eigenvalue weighted by atomic mass is 9.92. The lowest BCUT2D eigenvalue weighted by Gasteiger charge is -2.28. The third-order valence-electron chi connectivity index (χ3n) is 4.70. The van der Waals surface area contributed by atoms with Crippen LogP contribution in [0.4, 0.5) is 5.69 Å². The van der Waals surface area contributed by atoms with E-state index in [9.17, 15) is 0 Å². The molecule has 0 fully saturated rings. The third-order valence-corrected chi connectivity index (χ3v) is 4.70. The zero-order chi connectivity index (χ0) is 16.5. The van der Waals surface area contributed by atoms with Gasteiger partial charge >= 0.3 is 0 Å². The van der Waals surface area contributed by atoms with Crippen molar-refractivity contribution in [2.75, 3.05) is 11.9 Å². The van der Waals surface area contributed by atoms with Crippen molar-refractivity contribution in [3.63, 3.8) is 0 Å². The van der Waals surface area contributed by atoms with Crippen LogP contribution in [0.3, 0.4) is 0 Å². The normalized spacial score (nSPS) is 16.6. The molecule has 4 rings (SSSR count). The van der Waals surface area contributed by atoms with Crippen molar-refractivity contribution in [1.29, 1.82) is 5.41 Å². The lowest BCUT2D eigenvalue weighted by Crippen LogP contribution is -2.37. The van der Waals surface area contributed by atoms with Crippen LogP contribution in [-0.4, -0.2) is 12.4 Å². The van der Waals surface area contributed by atoms with Gasteiger partial charge in [-0.15, -0.1) is 0 Å². The van der Waals surface area contributed by atoms with E-state index >= 15 is 0 Å². The standard InChI is InChI=1S/C21H21N3/c1-14-9-10-16-11-12-23-20(18(16)13-14)21(22)24-19-8-4-6-15-5-2-3-7-17(15)19/h2-10,13,20,23H,11-12H2,1H3,(H2,22,24). The molecule has 3 aromatic carbocycles. The van der Waals surface area contributed by atoms with Crippen LogP contribution in [-0.2, 0) is 6.42 Å². The van der Waals surface area contributed by atoms with Gasteiger partial charge in [0.2, 0.25) is 0 Å². The topological polar surface area (TPSA) is 47.9 Å². The van der Waals surface area contributed by atoms with E-state index in [1.165, 1.54) is 22.1 Å². The van der Waals surface area contributed by atoms with Gasteiger partial charge in [0, 0.05) is 17.6 Å². The molecule has 0 saturated carbocycles. The zero-order valence-electron chi connectivity index (χ0n) is 13.8. The Morgan fingerprint density at radius 1 is 1.08 bits per heavy atom.